The minimum Gasteiger partial charge on any atom is -0.368 e. The van der Waals surface area contributed by atoms with Gasteiger partial charge < -0.3 is 20.8 Å². The summed E-state index contributed by atoms with van der Waals surface area (Å²) < 4.78 is 1.99. The number of fused-ring (bicyclic) bond motifs is 2. The van der Waals surface area contributed by atoms with Gasteiger partial charge in [-0.3, -0.25) is 9.89 Å². The molecule has 1 aliphatic rings. The Morgan fingerprint density at radius 2 is 2.07 bits per heavy atom. The molecule has 5 N–H and O–H groups in total. The molecule has 0 radical (unpaired) electrons. The number of pyridine rings is 1. The van der Waals surface area contributed by atoms with Gasteiger partial charge in [0.05, 0.1) is 30.0 Å². The molecule has 0 atom stereocenters. The normalized spacial score (nSPS) is 19.2. The van der Waals surface area contributed by atoms with E-state index in [1.54, 1.807) is 12.4 Å². The second kappa shape index (κ2) is 7.62. The fourth-order valence-corrected chi connectivity index (χ4v) is 4.09. The molecule has 1 amide bonds. The van der Waals surface area contributed by atoms with Crippen molar-refractivity contribution in [3.8, 4) is 0 Å². The molecular formula is C20H23N9O. The lowest BCUT2D eigenvalue weighted by Gasteiger charge is -2.28. The molecule has 10 heteroatoms. The second-order valence-electron chi connectivity index (χ2n) is 7.65. The molecule has 154 valence electrons. The van der Waals surface area contributed by atoms with Gasteiger partial charge in [0.15, 0.2) is 5.65 Å². The molecule has 0 aliphatic heterocycles. The number of imidazole rings is 1. The zero-order valence-corrected chi connectivity index (χ0v) is 16.4. The number of nitrogens with two attached hydrogens (primary N) is 1. The van der Waals surface area contributed by atoms with E-state index in [2.05, 4.69) is 35.8 Å². The first kappa shape index (κ1) is 18.3. The topological polar surface area (TPSA) is 139 Å². The van der Waals surface area contributed by atoms with Gasteiger partial charge >= 0.3 is 0 Å². The lowest BCUT2D eigenvalue weighted by atomic mass is 9.85. The van der Waals surface area contributed by atoms with Crippen molar-refractivity contribution >= 4 is 34.4 Å². The number of hydrogen-bond donors (Lipinski definition) is 4. The number of carbonyl (C=O) groups is 1. The summed E-state index contributed by atoms with van der Waals surface area (Å²) in [5.74, 6) is 1.01. The maximum Gasteiger partial charge on any atom is 0.224 e. The van der Waals surface area contributed by atoms with Gasteiger partial charge in [-0.15, -0.1) is 0 Å². The molecule has 4 aromatic heterocycles. The quantitative estimate of drug-likeness (QED) is 0.397. The summed E-state index contributed by atoms with van der Waals surface area (Å²) in [5.41, 5.74) is 8.26. The van der Waals surface area contributed by atoms with Crippen molar-refractivity contribution in [2.45, 2.75) is 38.3 Å². The SMILES string of the molecule is Nc1nc(NC2CCC(C(=O)NCc3cnc4ccccn34)CC2)c2cn[nH]c2n1. The molecule has 30 heavy (non-hydrogen) atoms. The molecule has 1 aliphatic carbocycles. The molecule has 1 saturated carbocycles. The van der Waals surface area contributed by atoms with Crippen LogP contribution in [0.3, 0.4) is 0 Å². The third-order valence-electron chi connectivity index (χ3n) is 5.70. The number of nitrogens with one attached hydrogen (secondary N) is 3. The van der Waals surface area contributed by atoms with Gasteiger partial charge in [0.25, 0.3) is 0 Å². The average Bonchev–Trinajstić information content (AvgIpc) is 3.39. The van der Waals surface area contributed by atoms with E-state index in [1.807, 2.05) is 28.8 Å². The van der Waals surface area contributed by atoms with Crippen molar-refractivity contribution in [3.05, 3.63) is 42.5 Å². The van der Waals surface area contributed by atoms with Crippen LogP contribution in [0.2, 0.25) is 0 Å². The van der Waals surface area contributed by atoms with Gasteiger partial charge in [0.1, 0.15) is 11.5 Å². The average molecular weight is 405 g/mol. The Bertz CT molecular complexity index is 1190. The molecule has 0 spiro atoms. The zero-order valence-electron chi connectivity index (χ0n) is 16.4. The Morgan fingerprint density at radius 3 is 2.93 bits per heavy atom. The number of anilines is 2. The van der Waals surface area contributed by atoms with Crippen molar-refractivity contribution in [1.82, 2.24) is 34.9 Å². The second-order valence-corrected chi connectivity index (χ2v) is 7.65. The molecule has 0 saturated heterocycles. The fraction of sp³-hybridized carbons (Fsp3) is 0.350. The van der Waals surface area contributed by atoms with E-state index in [4.69, 9.17) is 5.73 Å². The Morgan fingerprint density at radius 1 is 1.20 bits per heavy atom. The number of amides is 1. The molecule has 10 nitrogen and oxygen atoms in total. The Hall–Kier alpha value is -3.69. The monoisotopic (exact) mass is 405 g/mol. The van der Waals surface area contributed by atoms with Gasteiger partial charge in [-0.05, 0) is 37.8 Å². The maximum atomic E-state index is 12.7. The number of carbonyl (C=O) groups excluding carboxylic acids is 1. The van der Waals surface area contributed by atoms with E-state index in [0.29, 0.717) is 18.0 Å². The van der Waals surface area contributed by atoms with Gasteiger partial charge in [-0.2, -0.15) is 15.1 Å². The Balaban J connectivity index is 1.16. The number of nitrogens with zero attached hydrogens (tertiary/aromatic N) is 5. The summed E-state index contributed by atoms with van der Waals surface area (Å²) in [6.45, 7) is 0.473. The molecule has 4 aromatic rings. The first-order chi connectivity index (χ1) is 14.7. The van der Waals surface area contributed by atoms with Gasteiger partial charge in [-0.25, -0.2) is 4.98 Å². The molecule has 4 heterocycles. The van der Waals surface area contributed by atoms with Crippen LogP contribution < -0.4 is 16.4 Å². The van der Waals surface area contributed by atoms with Crippen LogP contribution in [0.25, 0.3) is 16.7 Å². The molecular weight excluding hydrogens is 382 g/mol. The third kappa shape index (κ3) is 3.51. The summed E-state index contributed by atoms with van der Waals surface area (Å²) in [5, 5.41) is 14.2. The van der Waals surface area contributed by atoms with Gasteiger partial charge in [-0.1, -0.05) is 6.07 Å². The largest absolute Gasteiger partial charge is 0.368 e. The van der Waals surface area contributed by atoms with E-state index in [-0.39, 0.29) is 23.8 Å². The molecule has 0 aromatic carbocycles. The molecule has 0 bridgehead atoms. The van der Waals surface area contributed by atoms with E-state index in [9.17, 15) is 4.79 Å². The van der Waals surface area contributed by atoms with Crippen LogP contribution in [0, 0.1) is 5.92 Å². The zero-order chi connectivity index (χ0) is 20.5. The van der Waals surface area contributed by atoms with Crippen molar-refractivity contribution in [1.29, 1.82) is 0 Å². The predicted molar refractivity (Wildman–Crippen MR) is 113 cm³/mol. The molecule has 5 rings (SSSR count). The first-order valence-corrected chi connectivity index (χ1v) is 10.1. The van der Waals surface area contributed by atoms with Crippen molar-refractivity contribution < 1.29 is 4.79 Å². The van der Waals surface area contributed by atoms with Crippen molar-refractivity contribution in [2.75, 3.05) is 11.1 Å². The van der Waals surface area contributed by atoms with Crippen LogP contribution in [0.5, 0.6) is 0 Å². The summed E-state index contributed by atoms with van der Waals surface area (Å²) in [4.78, 5) is 25.5. The lowest BCUT2D eigenvalue weighted by molar-refractivity contribution is -0.126. The minimum absolute atomic E-state index is 0.0200. The number of nitrogen functional groups attached to an aromatic ring is 1. The lowest BCUT2D eigenvalue weighted by Crippen LogP contribution is -2.36. The predicted octanol–water partition coefficient (Wildman–Crippen LogP) is 1.87. The highest BCUT2D eigenvalue weighted by atomic mass is 16.1. The summed E-state index contributed by atoms with van der Waals surface area (Å²) in [6, 6.07) is 6.09. The fourth-order valence-electron chi connectivity index (χ4n) is 4.09. The number of hydrogen-bond acceptors (Lipinski definition) is 7. The van der Waals surface area contributed by atoms with Crippen LogP contribution >= 0.6 is 0 Å². The Kier molecular flexibility index (Phi) is 4.66. The smallest absolute Gasteiger partial charge is 0.224 e. The van der Waals surface area contributed by atoms with Gasteiger partial charge in [0, 0.05) is 18.2 Å². The number of aromatic nitrogens is 6. The van der Waals surface area contributed by atoms with Crippen LogP contribution in [-0.4, -0.2) is 41.5 Å². The highest BCUT2D eigenvalue weighted by Crippen LogP contribution is 2.28. The van der Waals surface area contributed by atoms with Crippen LogP contribution in [-0.2, 0) is 11.3 Å². The number of H-pyrrole nitrogens is 1. The maximum absolute atomic E-state index is 12.7. The first-order valence-electron chi connectivity index (χ1n) is 10.1. The van der Waals surface area contributed by atoms with E-state index in [0.717, 1.165) is 42.4 Å². The summed E-state index contributed by atoms with van der Waals surface area (Å²) in [6.07, 6.45) is 8.87. The number of aromatic amines is 1. The minimum atomic E-state index is 0.0200. The van der Waals surface area contributed by atoms with Crippen LogP contribution in [0.4, 0.5) is 11.8 Å². The van der Waals surface area contributed by atoms with E-state index >= 15 is 0 Å². The van der Waals surface area contributed by atoms with Gasteiger partial charge in [0.2, 0.25) is 11.9 Å². The summed E-state index contributed by atoms with van der Waals surface area (Å²) >= 11 is 0. The Labute approximate surface area is 172 Å². The van der Waals surface area contributed by atoms with Crippen LogP contribution in [0.15, 0.2) is 36.8 Å². The molecule has 1 fully saturated rings. The third-order valence-corrected chi connectivity index (χ3v) is 5.70. The molecule has 0 unspecified atom stereocenters. The van der Waals surface area contributed by atoms with Crippen LogP contribution in [0.1, 0.15) is 31.4 Å². The van der Waals surface area contributed by atoms with E-state index < -0.39 is 0 Å². The highest BCUT2D eigenvalue weighted by Gasteiger charge is 2.27. The standard InChI is InChI=1S/C20H23N9O/c21-20-26-17(15-11-24-28-18(15)27-20)25-13-6-4-12(5-7-13)19(30)23-10-14-9-22-16-3-1-2-8-29(14)16/h1-3,8-9,11-13H,4-7,10H2,(H,23,30)(H4,21,24,25,26,27,28). The number of rotatable bonds is 5. The summed E-state index contributed by atoms with van der Waals surface area (Å²) in [7, 11) is 0. The van der Waals surface area contributed by atoms with Crippen molar-refractivity contribution in [2.24, 2.45) is 5.92 Å². The highest BCUT2D eigenvalue weighted by molar-refractivity contribution is 5.87. The van der Waals surface area contributed by atoms with Crippen molar-refractivity contribution in [3.63, 3.8) is 0 Å². The van der Waals surface area contributed by atoms with E-state index in [1.165, 1.54) is 0 Å².